The Morgan fingerprint density at radius 1 is 0.968 bits per heavy atom. The summed E-state index contributed by atoms with van der Waals surface area (Å²) in [5, 5.41) is 3.81. The van der Waals surface area contributed by atoms with Crippen LogP contribution in [0, 0.1) is 0 Å². The third-order valence-electron chi connectivity index (χ3n) is 5.00. The van der Waals surface area contributed by atoms with Gasteiger partial charge in [0.25, 0.3) is 11.2 Å². The van der Waals surface area contributed by atoms with Crippen molar-refractivity contribution < 1.29 is 4.98 Å². The van der Waals surface area contributed by atoms with Crippen molar-refractivity contribution in [3.63, 3.8) is 0 Å². The van der Waals surface area contributed by atoms with E-state index in [4.69, 9.17) is 11.6 Å². The van der Waals surface area contributed by atoms with Crippen LogP contribution in [0.15, 0.2) is 87.7 Å². The molecule has 0 unspecified atom stereocenters. The van der Waals surface area contributed by atoms with Gasteiger partial charge in [-0.2, -0.15) is 0 Å². The first-order valence-corrected chi connectivity index (χ1v) is 10.9. The van der Waals surface area contributed by atoms with Gasteiger partial charge in [-0.1, -0.05) is 54.1 Å². The summed E-state index contributed by atoms with van der Waals surface area (Å²) in [7, 11) is 0. The quantitative estimate of drug-likeness (QED) is 0.333. The van der Waals surface area contributed by atoms with E-state index in [1.165, 1.54) is 28.1 Å². The summed E-state index contributed by atoms with van der Waals surface area (Å²) < 4.78 is 1.07. The molecule has 0 bridgehead atoms. The van der Waals surface area contributed by atoms with Crippen LogP contribution in [0.25, 0.3) is 27.5 Å². The zero-order chi connectivity index (χ0) is 21.4. The Kier molecular flexibility index (Phi) is 5.05. The largest absolute Gasteiger partial charge is 0.359 e. The lowest BCUT2D eigenvalue weighted by molar-refractivity contribution is -0.431. The number of thioether (sulfide) groups is 1. The molecule has 0 spiro atoms. The number of aromatic amines is 2. The molecule has 0 aliphatic carbocycles. The van der Waals surface area contributed by atoms with Gasteiger partial charge in [0.2, 0.25) is 0 Å². The number of aromatic nitrogens is 4. The summed E-state index contributed by atoms with van der Waals surface area (Å²) in [5.74, 6) is 0.697. The van der Waals surface area contributed by atoms with Crippen molar-refractivity contribution in [1.29, 1.82) is 0 Å². The molecule has 31 heavy (non-hydrogen) atoms. The predicted octanol–water partition coefficient (Wildman–Crippen LogP) is 3.99. The Bertz CT molecular complexity index is 1540. The highest BCUT2D eigenvalue weighted by atomic mass is 35.5. The van der Waals surface area contributed by atoms with Gasteiger partial charge in [-0.05, 0) is 57.3 Å². The zero-order valence-corrected chi connectivity index (χ0v) is 17.7. The smallest absolute Gasteiger partial charge is 0.270 e. The highest BCUT2D eigenvalue weighted by molar-refractivity contribution is 7.98. The van der Waals surface area contributed by atoms with Gasteiger partial charge in [-0.15, -0.1) is 0 Å². The van der Waals surface area contributed by atoms with Gasteiger partial charge in [0, 0.05) is 10.8 Å². The number of nitrogens with zero attached hydrogens (tertiary/aromatic N) is 2. The molecule has 2 N–H and O–H groups in total. The zero-order valence-electron chi connectivity index (χ0n) is 16.1. The fourth-order valence-corrected chi connectivity index (χ4v) is 4.46. The van der Waals surface area contributed by atoms with Gasteiger partial charge >= 0.3 is 10.8 Å². The van der Waals surface area contributed by atoms with Gasteiger partial charge in [0.05, 0.1) is 5.69 Å². The van der Waals surface area contributed by atoms with Crippen LogP contribution in [0.4, 0.5) is 0 Å². The van der Waals surface area contributed by atoms with Crippen molar-refractivity contribution in [2.24, 2.45) is 0 Å². The van der Waals surface area contributed by atoms with Gasteiger partial charge in [-0.25, -0.2) is 14.3 Å². The van der Waals surface area contributed by atoms with Crippen LogP contribution in [0.3, 0.4) is 0 Å². The van der Waals surface area contributed by atoms with E-state index in [1.54, 1.807) is 30.5 Å². The SMILES string of the molecule is O=c1[nH]c2nc(SCc3cccc4ccccc34)[nH+]cc2c(=O)n1-c1ccc(Cl)cc1. The molecular weight excluding hydrogens is 432 g/mol. The minimum atomic E-state index is -0.552. The molecule has 6 nitrogen and oxygen atoms in total. The molecule has 5 aromatic rings. The summed E-state index contributed by atoms with van der Waals surface area (Å²) in [6, 6.07) is 20.9. The lowest BCUT2D eigenvalue weighted by Crippen LogP contribution is -2.34. The number of H-pyrrole nitrogens is 2. The second-order valence-electron chi connectivity index (χ2n) is 6.94. The van der Waals surface area contributed by atoms with E-state index in [-0.39, 0.29) is 5.65 Å². The van der Waals surface area contributed by atoms with Crippen molar-refractivity contribution in [1.82, 2.24) is 14.5 Å². The van der Waals surface area contributed by atoms with Crippen molar-refractivity contribution >= 4 is 45.2 Å². The molecule has 0 fully saturated rings. The third-order valence-corrected chi connectivity index (χ3v) is 6.19. The normalized spacial score (nSPS) is 11.3. The van der Waals surface area contributed by atoms with Crippen LogP contribution in [0.5, 0.6) is 0 Å². The van der Waals surface area contributed by atoms with Gasteiger partial charge in [-0.3, -0.25) is 9.78 Å². The van der Waals surface area contributed by atoms with Crippen LogP contribution in [0.1, 0.15) is 5.56 Å². The maximum Gasteiger partial charge on any atom is 0.359 e. The van der Waals surface area contributed by atoms with Crippen molar-refractivity contribution in [2.75, 3.05) is 0 Å². The molecule has 0 aliphatic heterocycles. The number of halogens is 1. The standard InChI is InChI=1S/C23H15ClN4O2S/c24-16-8-10-17(11-9-16)28-21(29)19-12-25-22(26-20(19)27-23(28)30)31-13-15-6-3-5-14-4-1-2-7-18(14)15/h1-12H,13H2,(H,25,26,27,30)/p+1. The number of hydrogen-bond donors (Lipinski definition) is 1. The highest BCUT2D eigenvalue weighted by Gasteiger charge is 2.17. The maximum atomic E-state index is 12.9. The Morgan fingerprint density at radius 3 is 2.58 bits per heavy atom. The van der Waals surface area contributed by atoms with Crippen LogP contribution < -0.4 is 16.2 Å². The number of benzene rings is 3. The summed E-state index contributed by atoms with van der Waals surface area (Å²) in [6.07, 6.45) is 1.58. The molecule has 0 amide bonds. The van der Waals surface area contributed by atoms with Gasteiger partial charge in [0.15, 0.2) is 0 Å². The summed E-state index contributed by atoms with van der Waals surface area (Å²) in [6.45, 7) is 0. The van der Waals surface area contributed by atoms with Crippen LogP contribution in [-0.2, 0) is 5.75 Å². The van der Waals surface area contributed by atoms with E-state index in [9.17, 15) is 9.59 Å². The molecule has 3 aromatic carbocycles. The fraction of sp³-hybridized carbons (Fsp3) is 0.0435. The molecule has 2 heterocycles. The van der Waals surface area contributed by atoms with Crippen molar-refractivity contribution in [2.45, 2.75) is 10.9 Å². The van der Waals surface area contributed by atoms with E-state index in [2.05, 4.69) is 39.2 Å². The lowest BCUT2D eigenvalue weighted by Gasteiger charge is -2.05. The molecule has 152 valence electrons. The van der Waals surface area contributed by atoms with E-state index in [0.29, 0.717) is 27.0 Å². The molecule has 2 aromatic heterocycles. The maximum absolute atomic E-state index is 12.9. The van der Waals surface area contributed by atoms with Gasteiger partial charge < -0.3 is 0 Å². The summed E-state index contributed by atoms with van der Waals surface area (Å²) >= 11 is 7.41. The minimum Gasteiger partial charge on any atom is -0.270 e. The molecule has 0 radical (unpaired) electrons. The Balaban J connectivity index is 1.49. The number of hydrogen-bond acceptors (Lipinski definition) is 4. The number of nitrogens with one attached hydrogen (secondary N) is 2. The first kappa shape index (κ1) is 19.5. The lowest BCUT2D eigenvalue weighted by atomic mass is 10.1. The third kappa shape index (κ3) is 3.73. The molecule has 0 saturated carbocycles. The summed E-state index contributed by atoms with van der Waals surface area (Å²) in [4.78, 5) is 35.8. The Morgan fingerprint density at radius 2 is 1.74 bits per heavy atom. The average molecular weight is 448 g/mol. The Hall–Kier alpha value is -3.42. The monoisotopic (exact) mass is 447 g/mol. The first-order chi connectivity index (χ1) is 15.1. The fourth-order valence-electron chi connectivity index (χ4n) is 3.49. The van der Waals surface area contributed by atoms with Crippen LogP contribution in [0.2, 0.25) is 5.02 Å². The second kappa shape index (κ2) is 8.02. The van der Waals surface area contributed by atoms with Gasteiger partial charge in [0.1, 0.15) is 11.6 Å². The molecule has 0 saturated heterocycles. The Labute approximate surface area is 185 Å². The second-order valence-corrected chi connectivity index (χ2v) is 8.34. The topological polar surface area (TPSA) is 81.9 Å². The van der Waals surface area contributed by atoms with E-state index in [1.807, 2.05) is 18.2 Å². The molecule has 5 rings (SSSR count). The number of rotatable bonds is 4. The molecule has 0 atom stereocenters. The number of fused-ring (bicyclic) bond motifs is 2. The first-order valence-electron chi connectivity index (χ1n) is 9.53. The molecule has 8 heteroatoms. The molecule has 0 aliphatic rings. The van der Waals surface area contributed by atoms with E-state index < -0.39 is 11.2 Å². The molecular formula is C23H16ClN4O2S+. The predicted molar refractivity (Wildman–Crippen MR) is 123 cm³/mol. The summed E-state index contributed by atoms with van der Waals surface area (Å²) in [5.41, 5.74) is 0.871. The highest BCUT2D eigenvalue weighted by Crippen LogP contribution is 2.25. The van der Waals surface area contributed by atoms with Crippen molar-refractivity contribution in [3.05, 3.63) is 104 Å². The van der Waals surface area contributed by atoms with Crippen LogP contribution in [-0.4, -0.2) is 14.5 Å². The van der Waals surface area contributed by atoms with Crippen LogP contribution >= 0.6 is 23.4 Å². The average Bonchev–Trinajstić information content (AvgIpc) is 2.78. The van der Waals surface area contributed by atoms with Crippen molar-refractivity contribution in [3.8, 4) is 5.69 Å². The minimum absolute atomic E-state index is 0.249. The van der Waals surface area contributed by atoms with E-state index in [0.717, 1.165) is 4.57 Å². The van der Waals surface area contributed by atoms with E-state index >= 15 is 0 Å².